The van der Waals surface area contributed by atoms with Crippen LogP contribution in [0.3, 0.4) is 0 Å². The van der Waals surface area contributed by atoms with E-state index in [0.717, 1.165) is 5.39 Å². The zero-order valence-corrected chi connectivity index (χ0v) is 9.92. The summed E-state index contributed by atoms with van der Waals surface area (Å²) < 4.78 is 4.58. The minimum Gasteiger partial charge on any atom is -0.382 e. The Morgan fingerprint density at radius 1 is 1.22 bits per heavy atom. The van der Waals surface area contributed by atoms with Crippen LogP contribution in [0.25, 0.3) is 10.8 Å². The molecule has 0 aliphatic rings. The molecule has 0 spiro atoms. The van der Waals surface area contributed by atoms with Gasteiger partial charge in [-0.2, -0.15) is 0 Å². The molecule has 0 N–H and O–H groups in total. The van der Waals surface area contributed by atoms with Crippen LogP contribution in [0.15, 0.2) is 42.5 Å². The summed E-state index contributed by atoms with van der Waals surface area (Å²) in [5, 5.41) is 11.4. The Kier molecular flexibility index (Phi) is 3.38. The fourth-order valence-electron chi connectivity index (χ4n) is 1.78. The van der Waals surface area contributed by atoms with E-state index in [1.807, 2.05) is 18.2 Å². The van der Waals surface area contributed by atoms with E-state index in [1.54, 1.807) is 24.3 Å². The first-order valence-corrected chi connectivity index (χ1v) is 5.49. The Morgan fingerprint density at radius 3 is 2.56 bits per heavy atom. The largest absolute Gasteiger partial charge is 0.405 e. The first kappa shape index (κ1) is 12.3. The lowest BCUT2D eigenvalue weighted by Gasteiger charge is -2.11. The van der Waals surface area contributed by atoms with Crippen molar-refractivity contribution in [2.45, 2.75) is 6.23 Å². The van der Waals surface area contributed by atoms with E-state index in [2.05, 4.69) is 17.4 Å². The molecule has 0 aliphatic heterocycles. The fourth-order valence-corrected chi connectivity index (χ4v) is 1.87. The Hall–Kier alpha value is -2.21. The SMILES string of the molecule is O=C([S])OC(c1cccc2ccccc12)[N+](=O)[O-]. The highest BCUT2D eigenvalue weighted by Gasteiger charge is 2.28. The van der Waals surface area contributed by atoms with Crippen LogP contribution in [0.2, 0.25) is 0 Å². The van der Waals surface area contributed by atoms with Crippen molar-refractivity contribution in [3.8, 4) is 0 Å². The summed E-state index contributed by atoms with van der Waals surface area (Å²) in [4.78, 5) is 21.0. The Bertz CT molecular complexity index is 609. The molecule has 2 aromatic carbocycles. The average molecular weight is 262 g/mol. The van der Waals surface area contributed by atoms with Crippen molar-refractivity contribution in [3.05, 3.63) is 58.1 Å². The maximum atomic E-state index is 11.0. The van der Waals surface area contributed by atoms with Gasteiger partial charge in [-0.25, -0.2) is 4.79 Å². The highest BCUT2D eigenvalue weighted by atomic mass is 32.1. The molecule has 0 amide bonds. The lowest BCUT2D eigenvalue weighted by Crippen LogP contribution is -2.16. The molecular formula is C12H8NO4S. The molecule has 0 aliphatic carbocycles. The van der Waals surface area contributed by atoms with E-state index in [9.17, 15) is 14.9 Å². The molecule has 0 bridgehead atoms. The summed E-state index contributed by atoms with van der Waals surface area (Å²) in [6, 6.07) is 12.2. The summed E-state index contributed by atoms with van der Waals surface area (Å²) in [7, 11) is 0. The summed E-state index contributed by atoms with van der Waals surface area (Å²) in [6.07, 6.45) is -1.57. The van der Waals surface area contributed by atoms with Crippen molar-refractivity contribution in [2.75, 3.05) is 0 Å². The van der Waals surface area contributed by atoms with E-state index in [4.69, 9.17) is 0 Å². The second kappa shape index (κ2) is 4.97. The molecule has 6 heteroatoms. The van der Waals surface area contributed by atoms with Gasteiger partial charge in [0.1, 0.15) is 0 Å². The smallest absolute Gasteiger partial charge is 0.382 e. The number of carbonyl (C=O) groups is 1. The van der Waals surface area contributed by atoms with Gasteiger partial charge < -0.3 is 4.74 Å². The van der Waals surface area contributed by atoms with Crippen molar-refractivity contribution >= 4 is 28.7 Å². The van der Waals surface area contributed by atoms with Gasteiger partial charge in [0.2, 0.25) is 0 Å². The minimum absolute atomic E-state index is 0.316. The molecule has 0 aromatic heterocycles. The van der Waals surface area contributed by atoms with Crippen LogP contribution in [0.4, 0.5) is 4.79 Å². The van der Waals surface area contributed by atoms with E-state index >= 15 is 0 Å². The monoisotopic (exact) mass is 262 g/mol. The van der Waals surface area contributed by atoms with Crippen molar-refractivity contribution in [1.82, 2.24) is 0 Å². The third-order valence-electron chi connectivity index (χ3n) is 2.49. The van der Waals surface area contributed by atoms with Gasteiger partial charge in [-0.3, -0.25) is 10.1 Å². The Morgan fingerprint density at radius 2 is 1.89 bits per heavy atom. The number of ether oxygens (including phenoxy) is 1. The second-order valence-electron chi connectivity index (χ2n) is 3.57. The van der Waals surface area contributed by atoms with Gasteiger partial charge in [-0.15, -0.1) is 0 Å². The number of fused-ring (bicyclic) bond motifs is 1. The molecule has 18 heavy (non-hydrogen) atoms. The van der Waals surface area contributed by atoms with Gasteiger partial charge in [0.15, 0.2) is 0 Å². The molecule has 2 aromatic rings. The third-order valence-corrected chi connectivity index (χ3v) is 2.58. The van der Waals surface area contributed by atoms with Crippen molar-refractivity contribution in [1.29, 1.82) is 0 Å². The standard InChI is InChI=1S/C12H8NO4S/c14-12(18)17-11(13(15)16)10-7-3-5-8-4-1-2-6-9(8)10/h1-7,11H. The van der Waals surface area contributed by atoms with E-state index in [-0.39, 0.29) is 0 Å². The number of carbonyl (C=O) groups excluding carboxylic acids is 1. The summed E-state index contributed by atoms with van der Waals surface area (Å²) in [6.45, 7) is 0. The first-order chi connectivity index (χ1) is 8.59. The molecule has 91 valence electrons. The summed E-state index contributed by atoms with van der Waals surface area (Å²) in [5.74, 6) is 0. The molecule has 0 saturated heterocycles. The van der Waals surface area contributed by atoms with Crippen molar-refractivity contribution < 1.29 is 14.5 Å². The van der Waals surface area contributed by atoms with Gasteiger partial charge in [0, 0.05) is 12.6 Å². The number of benzene rings is 2. The predicted octanol–water partition coefficient (Wildman–Crippen LogP) is 3.45. The molecule has 2 rings (SSSR count). The highest BCUT2D eigenvalue weighted by Crippen LogP contribution is 2.27. The topological polar surface area (TPSA) is 69.4 Å². The van der Waals surface area contributed by atoms with Crippen molar-refractivity contribution in [3.63, 3.8) is 0 Å². The van der Waals surface area contributed by atoms with Crippen LogP contribution in [0, 0.1) is 10.1 Å². The quantitative estimate of drug-likeness (QED) is 0.367. The van der Waals surface area contributed by atoms with Gasteiger partial charge in [0.05, 0.1) is 10.5 Å². The molecule has 0 fully saturated rings. The Labute approximate surface area is 108 Å². The third kappa shape index (κ3) is 2.38. The minimum atomic E-state index is -1.57. The molecule has 1 radical (unpaired) electrons. The number of hydrogen-bond acceptors (Lipinski definition) is 4. The molecule has 0 heterocycles. The van der Waals surface area contributed by atoms with Crippen LogP contribution < -0.4 is 0 Å². The number of nitro groups is 1. The normalized spacial score (nSPS) is 12.0. The molecule has 5 nitrogen and oxygen atoms in total. The van der Waals surface area contributed by atoms with Crippen LogP contribution in [-0.2, 0) is 4.74 Å². The van der Waals surface area contributed by atoms with Crippen LogP contribution >= 0.6 is 12.6 Å². The van der Waals surface area contributed by atoms with Gasteiger partial charge in [0.25, 0.3) is 0 Å². The molecular weight excluding hydrogens is 254 g/mol. The first-order valence-electron chi connectivity index (χ1n) is 5.08. The summed E-state index contributed by atoms with van der Waals surface area (Å²) >= 11 is 4.23. The average Bonchev–Trinajstić information content (AvgIpc) is 2.35. The fraction of sp³-hybridized carbons (Fsp3) is 0.0833. The van der Waals surface area contributed by atoms with Crippen LogP contribution in [0.5, 0.6) is 0 Å². The molecule has 1 unspecified atom stereocenters. The van der Waals surface area contributed by atoms with E-state index in [1.165, 1.54) is 0 Å². The zero-order valence-electron chi connectivity index (χ0n) is 9.11. The van der Waals surface area contributed by atoms with Gasteiger partial charge in [-0.1, -0.05) is 36.4 Å². The number of hydrogen-bond donors (Lipinski definition) is 0. The van der Waals surface area contributed by atoms with Gasteiger partial charge >= 0.3 is 11.5 Å². The maximum absolute atomic E-state index is 11.0. The van der Waals surface area contributed by atoms with Crippen LogP contribution in [-0.4, -0.2) is 10.2 Å². The summed E-state index contributed by atoms with van der Waals surface area (Å²) in [5.41, 5.74) is 0.316. The van der Waals surface area contributed by atoms with Gasteiger partial charge in [-0.05, 0) is 16.8 Å². The zero-order chi connectivity index (χ0) is 13.1. The highest BCUT2D eigenvalue weighted by molar-refractivity contribution is 7.96. The molecule has 0 saturated carbocycles. The van der Waals surface area contributed by atoms with E-state index < -0.39 is 16.5 Å². The lowest BCUT2D eigenvalue weighted by atomic mass is 10.0. The van der Waals surface area contributed by atoms with Crippen molar-refractivity contribution in [2.24, 2.45) is 0 Å². The lowest BCUT2D eigenvalue weighted by molar-refractivity contribution is -0.573. The number of nitrogens with zero attached hydrogens (tertiary/aromatic N) is 1. The predicted molar refractivity (Wildman–Crippen MR) is 67.8 cm³/mol. The van der Waals surface area contributed by atoms with E-state index in [0.29, 0.717) is 10.9 Å². The number of rotatable bonds is 3. The maximum Gasteiger partial charge on any atom is 0.405 e. The van der Waals surface area contributed by atoms with Crippen LogP contribution in [0.1, 0.15) is 11.8 Å². The second-order valence-corrected chi connectivity index (χ2v) is 3.91. The molecule has 1 atom stereocenters. The Balaban J connectivity index is 2.57.